The summed E-state index contributed by atoms with van der Waals surface area (Å²) < 4.78 is 53.6. The first-order valence-electron chi connectivity index (χ1n) is 7.98. The molecule has 2 heterocycles. The summed E-state index contributed by atoms with van der Waals surface area (Å²) in [6.07, 6.45) is 1.31. The molecule has 0 radical (unpaired) electrons. The molecule has 3 rings (SSSR count). The molecule has 138 valence electrons. The Morgan fingerprint density at radius 2 is 1.58 bits per heavy atom. The molecule has 1 fully saturated rings. The van der Waals surface area contributed by atoms with E-state index in [0.29, 0.717) is 25.9 Å². The molecule has 2 aromatic rings. The van der Waals surface area contributed by atoms with Gasteiger partial charge in [0.25, 0.3) is 11.9 Å². The second-order valence-electron chi connectivity index (χ2n) is 6.03. The quantitative estimate of drug-likeness (QED) is 0.643. The van der Waals surface area contributed by atoms with Crippen LogP contribution in [0.2, 0.25) is 0 Å². The monoisotopic (exact) mass is 368 g/mol. The van der Waals surface area contributed by atoms with Gasteiger partial charge in [-0.25, -0.2) is 0 Å². The number of benzene rings is 1. The molecule has 1 aromatic heterocycles. The molecule has 0 atom stereocenters. The molecule has 0 bridgehead atoms. The van der Waals surface area contributed by atoms with E-state index in [1.807, 2.05) is 0 Å². The van der Waals surface area contributed by atoms with E-state index in [4.69, 9.17) is 5.73 Å². The van der Waals surface area contributed by atoms with Crippen molar-refractivity contribution in [3.05, 3.63) is 47.8 Å². The van der Waals surface area contributed by atoms with Gasteiger partial charge in [-0.2, -0.15) is 22.5 Å². The lowest BCUT2D eigenvalue weighted by Gasteiger charge is -2.32. The standard InChI is InChI=1S/C17H16F4N4O/c18-12-14(13(19)16(21)24-15(12)20)23-10-1-3-11(4-2-10)25-7-5-9(6-8-25)17(22)26/h1-4,9H,5-8H2,(H2,22,26)(H,23,24). The molecule has 1 saturated heterocycles. The van der Waals surface area contributed by atoms with Crippen molar-refractivity contribution >= 4 is 23.0 Å². The number of piperidine rings is 1. The summed E-state index contributed by atoms with van der Waals surface area (Å²) in [6.45, 7) is 1.31. The highest BCUT2D eigenvalue weighted by molar-refractivity contribution is 5.77. The molecule has 1 aromatic carbocycles. The van der Waals surface area contributed by atoms with Crippen molar-refractivity contribution in [2.24, 2.45) is 11.7 Å². The predicted octanol–water partition coefficient (Wildman–Crippen LogP) is 3.08. The summed E-state index contributed by atoms with van der Waals surface area (Å²) in [5.74, 6) is -7.07. The summed E-state index contributed by atoms with van der Waals surface area (Å²) in [5, 5.41) is 2.32. The lowest BCUT2D eigenvalue weighted by atomic mass is 9.96. The third-order valence-electron chi connectivity index (χ3n) is 4.40. The van der Waals surface area contributed by atoms with Gasteiger partial charge in [0.1, 0.15) is 5.69 Å². The number of hydrogen-bond acceptors (Lipinski definition) is 4. The van der Waals surface area contributed by atoms with Gasteiger partial charge in [-0.3, -0.25) is 4.79 Å². The van der Waals surface area contributed by atoms with Crippen LogP contribution in [0.1, 0.15) is 12.8 Å². The molecule has 0 unspecified atom stereocenters. The molecule has 1 aliphatic rings. The molecule has 0 saturated carbocycles. The van der Waals surface area contributed by atoms with Crippen LogP contribution in [-0.4, -0.2) is 24.0 Å². The van der Waals surface area contributed by atoms with E-state index in [1.165, 1.54) is 12.1 Å². The normalized spacial score (nSPS) is 15.2. The predicted molar refractivity (Wildman–Crippen MR) is 87.9 cm³/mol. The Bertz CT molecular complexity index is 794. The minimum Gasteiger partial charge on any atom is -0.371 e. The van der Waals surface area contributed by atoms with Crippen molar-refractivity contribution in [1.29, 1.82) is 0 Å². The van der Waals surface area contributed by atoms with Gasteiger partial charge in [0.15, 0.2) is 0 Å². The van der Waals surface area contributed by atoms with Crippen LogP contribution in [0.15, 0.2) is 24.3 Å². The van der Waals surface area contributed by atoms with Crippen LogP contribution in [0.4, 0.5) is 34.6 Å². The number of nitrogens with one attached hydrogen (secondary N) is 1. The summed E-state index contributed by atoms with van der Waals surface area (Å²) in [6, 6.07) is 6.47. The Balaban J connectivity index is 1.72. The number of primary amides is 1. The zero-order valence-electron chi connectivity index (χ0n) is 13.6. The molecular weight excluding hydrogens is 352 g/mol. The molecule has 0 spiro atoms. The molecule has 1 aliphatic heterocycles. The van der Waals surface area contributed by atoms with Gasteiger partial charge in [-0.1, -0.05) is 0 Å². The minimum absolute atomic E-state index is 0.130. The fraction of sp³-hybridized carbons (Fsp3) is 0.294. The molecule has 5 nitrogen and oxygen atoms in total. The molecule has 3 N–H and O–H groups in total. The average molecular weight is 368 g/mol. The lowest BCUT2D eigenvalue weighted by molar-refractivity contribution is -0.122. The highest BCUT2D eigenvalue weighted by Gasteiger charge is 2.23. The minimum atomic E-state index is -1.72. The van der Waals surface area contributed by atoms with E-state index in [9.17, 15) is 22.4 Å². The van der Waals surface area contributed by atoms with Crippen molar-refractivity contribution in [3.63, 3.8) is 0 Å². The number of rotatable bonds is 4. The highest BCUT2D eigenvalue weighted by Crippen LogP contribution is 2.28. The fourth-order valence-corrected chi connectivity index (χ4v) is 2.92. The largest absolute Gasteiger partial charge is 0.371 e. The maximum atomic E-state index is 13.6. The number of carbonyl (C=O) groups excluding carboxylic acids is 1. The maximum absolute atomic E-state index is 13.6. The van der Waals surface area contributed by atoms with Gasteiger partial charge in [-0.05, 0) is 37.1 Å². The van der Waals surface area contributed by atoms with Gasteiger partial charge < -0.3 is 16.0 Å². The second kappa shape index (κ2) is 7.19. The van der Waals surface area contributed by atoms with Gasteiger partial charge >= 0.3 is 0 Å². The summed E-state index contributed by atoms with van der Waals surface area (Å²) in [7, 11) is 0. The average Bonchev–Trinajstić information content (AvgIpc) is 2.64. The van der Waals surface area contributed by atoms with Gasteiger partial charge in [0, 0.05) is 30.4 Å². The molecular formula is C17H16F4N4O. The van der Waals surface area contributed by atoms with E-state index in [0.717, 1.165) is 5.69 Å². The van der Waals surface area contributed by atoms with Crippen molar-refractivity contribution in [1.82, 2.24) is 4.98 Å². The SMILES string of the molecule is NC(=O)C1CCN(c2ccc(Nc3c(F)c(F)nc(F)c3F)cc2)CC1. The van der Waals surface area contributed by atoms with E-state index in [-0.39, 0.29) is 17.5 Å². The third-order valence-corrected chi connectivity index (χ3v) is 4.40. The zero-order chi connectivity index (χ0) is 18.8. The van der Waals surface area contributed by atoms with Crippen molar-refractivity contribution in [2.45, 2.75) is 12.8 Å². The van der Waals surface area contributed by atoms with Gasteiger partial charge in [-0.15, -0.1) is 0 Å². The number of aromatic nitrogens is 1. The number of amides is 1. The Morgan fingerprint density at radius 3 is 2.08 bits per heavy atom. The van der Waals surface area contributed by atoms with Crippen LogP contribution < -0.4 is 16.0 Å². The first-order chi connectivity index (χ1) is 12.4. The van der Waals surface area contributed by atoms with Crippen LogP contribution in [0.5, 0.6) is 0 Å². The van der Waals surface area contributed by atoms with E-state index in [2.05, 4.69) is 15.2 Å². The molecule has 26 heavy (non-hydrogen) atoms. The Hall–Kier alpha value is -2.84. The smallest absolute Gasteiger partial charge is 0.253 e. The first kappa shape index (κ1) is 18.0. The van der Waals surface area contributed by atoms with E-state index < -0.39 is 29.2 Å². The molecule has 1 amide bonds. The number of pyridine rings is 1. The van der Waals surface area contributed by atoms with Crippen LogP contribution in [-0.2, 0) is 4.79 Å². The molecule has 0 aliphatic carbocycles. The number of carbonyl (C=O) groups is 1. The van der Waals surface area contributed by atoms with E-state index in [1.54, 1.807) is 12.1 Å². The first-order valence-corrected chi connectivity index (χ1v) is 7.98. The third kappa shape index (κ3) is 3.56. The summed E-state index contributed by atoms with van der Waals surface area (Å²) in [4.78, 5) is 15.8. The fourth-order valence-electron chi connectivity index (χ4n) is 2.92. The van der Waals surface area contributed by atoms with E-state index >= 15 is 0 Å². The Morgan fingerprint density at radius 1 is 1.04 bits per heavy atom. The topological polar surface area (TPSA) is 71.2 Å². The van der Waals surface area contributed by atoms with Crippen LogP contribution in [0.25, 0.3) is 0 Å². The van der Waals surface area contributed by atoms with Gasteiger partial charge in [0.05, 0.1) is 0 Å². The number of nitrogens with two attached hydrogens (primary N) is 1. The molecule has 9 heteroatoms. The Kier molecular flexibility index (Phi) is 4.97. The van der Waals surface area contributed by atoms with Crippen molar-refractivity contribution < 1.29 is 22.4 Å². The number of halogens is 4. The van der Waals surface area contributed by atoms with Crippen molar-refractivity contribution in [2.75, 3.05) is 23.3 Å². The van der Waals surface area contributed by atoms with Crippen LogP contribution in [0.3, 0.4) is 0 Å². The Labute approximate surface area is 146 Å². The second-order valence-corrected chi connectivity index (χ2v) is 6.03. The summed E-state index contributed by atoms with van der Waals surface area (Å²) >= 11 is 0. The highest BCUT2D eigenvalue weighted by atomic mass is 19.2. The van der Waals surface area contributed by atoms with Crippen LogP contribution >= 0.6 is 0 Å². The number of anilines is 3. The number of hydrogen-bond donors (Lipinski definition) is 2. The lowest BCUT2D eigenvalue weighted by Crippen LogP contribution is -2.38. The zero-order valence-corrected chi connectivity index (χ0v) is 13.6. The number of nitrogens with zero attached hydrogens (tertiary/aromatic N) is 2. The maximum Gasteiger partial charge on any atom is 0.253 e. The van der Waals surface area contributed by atoms with Gasteiger partial charge in [0.2, 0.25) is 17.5 Å². The van der Waals surface area contributed by atoms with Crippen molar-refractivity contribution in [3.8, 4) is 0 Å². The van der Waals surface area contributed by atoms with Crippen LogP contribution in [0, 0.1) is 29.4 Å². The summed E-state index contributed by atoms with van der Waals surface area (Å²) in [5.41, 5.74) is 5.47.